The fraction of sp³-hybridized carbons (Fsp3) is 0.0294. The zero-order valence-electron chi connectivity index (χ0n) is 39.1. The highest BCUT2D eigenvalue weighted by Gasteiger charge is 2.30. The second-order valence-electron chi connectivity index (χ2n) is 19.7. The van der Waals surface area contributed by atoms with Gasteiger partial charge in [-0.25, -0.2) is 9.98 Å². The minimum Gasteiger partial charge on any atom is -0.344 e. The topological polar surface area (TPSA) is 41.7 Å². The summed E-state index contributed by atoms with van der Waals surface area (Å²) < 4.78 is 2.52. The Labute approximate surface area is 414 Å². The first-order valence-electron chi connectivity index (χ1n) is 24.9. The number of benzene rings is 13. The van der Waals surface area contributed by atoms with Crippen LogP contribution < -0.4 is 5.32 Å². The van der Waals surface area contributed by atoms with Gasteiger partial charge in [0.25, 0.3) is 0 Å². The van der Waals surface area contributed by atoms with Gasteiger partial charge in [-0.1, -0.05) is 182 Å². The van der Waals surface area contributed by atoms with Gasteiger partial charge in [0.15, 0.2) is 5.84 Å². The maximum atomic E-state index is 5.67. The predicted molar refractivity (Wildman–Crippen MR) is 303 cm³/mol. The van der Waals surface area contributed by atoms with Crippen molar-refractivity contribution in [1.82, 2.24) is 9.88 Å². The van der Waals surface area contributed by atoms with Crippen LogP contribution in [0.1, 0.15) is 34.0 Å². The lowest BCUT2D eigenvalue weighted by atomic mass is 9.97. The summed E-state index contributed by atoms with van der Waals surface area (Å²) in [7, 11) is 0. The lowest BCUT2D eigenvalue weighted by Crippen LogP contribution is -2.34. The molecule has 334 valence electrons. The number of hydrogen-bond acceptors (Lipinski definition) is 3. The highest BCUT2D eigenvalue weighted by Crippen LogP contribution is 2.45. The lowest BCUT2D eigenvalue weighted by Gasteiger charge is -2.26. The van der Waals surface area contributed by atoms with Gasteiger partial charge in [0.1, 0.15) is 12.0 Å². The molecule has 0 spiro atoms. The molecule has 0 bridgehead atoms. The third kappa shape index (κ3) is 5.93. The Kier molecular flexibility index (Phi) is 8.25. The molecule has 2 heterocycles. The average molecular weight is 915 g/mol. The first-order chi connectivity index (χ1) is 35.6. The molecule has 1 aromatic heterocycles. The van der Waals surface area contributed by atoms with Crippen molar-refractivity contribution < 1.29 is 0 Å². The maximum absolute atomic E-state index is 5.67. The molecule has 1 unspecified atom stereocenters. The quantitative estimate of drug-likeness (QED) is 0.176. The van der Waals surface area contributed by atoms with Crippen LogP contribution in [0.2, 0.25) is 0 Å². The maximum Gasteiger partial charge on any atom is 0.159 e. The van der Waals surface area contributed by atoms with E-state index >= 15 is 0 Å². The number of aliphatic imine (C=N–C) groups is 2. The van der Waals surface area contributed by atoms with Gasteiger partial charge in [-0.05, 0) is 158 Å². The normalized spacial score (nSPS) is 14.5. The molecule has 1 aliphatic heterocycles. The number of aromatic nitrogens is 1. The van der Waals surface area contributed by atoms with Gasteiger partial charge in [-0.15, -0.1) is 0 Å². The van der Waals surface area contributed by atoms with E-state index in [2.05, 4.69) is 240 Å². The van der Waals surface area contributed by atoms with Crippen LogP contribution in [0.15, 0.2) is 241 Å². The fourth-order valence-electron chi connectivity index (χ4n) is 12.3. The highest BCUT2D eigenvalue weighted by molar-refractivity contribution is 6.20. The first kappa shape index (κ1) is 39.5. The molecule has 72 heavy (non-hydrogen) atoms. The Morgan fingerprint density at radius 1 is 0.375 bits per heavy atom. The number of nitrogens with one attached hydrogen (secondary N) is 1. The third-order valence-electron chi connectivity index (χ3n) is 15.7. The number of nitrogens with zero attached hydrogens (tertiary/aromatic N) is 3. The molecule has 1 aliphatic carbocycles. The van der Waals surface area contributed by atoms with E-state index in [1.54, 1.807) is 0 Å². The summed E-state index contributed by atoms with van der Waals surface area (Å²) in [5, 5.41) is 23.6. The van der Waals surface area contributed by atoms with E-state index in [9.17, 15) is 0 Å². The van der Waals surface area contributed by atoms with Crippen molar-refractivity contribution in [3.63, 3.8) is 0 Å². The van der Waals surface area contributed by atoms with Gasteiger partial charge in [0.05, 0.1) is 16.7 Å². The molecular weight excluding hydrogens is 873 g/mol. The number of rotatable bonds is 4. The molecular formula is C68H42N4. The molecule has 16 rings (SSSR count). The molecule has 0 radical (unpaired) electrons. The first-order valence-corrected chi connectivity index (χ1v) is 24.9. The number of fused-ring (bicyclic) bond motifs is 16. The van der Waals surface area contributed by atoms with Crippen LogP contribution in [-0.2, 0) is 6.42 Å². The van der Waals surface area contributed by atoms with Crippen molar-refractivity contribution in [3.8, 4) is 16.8 Å². The summed E-state index contributed by atoms with van der Waals surface area (Å²) in [6, 6.07) is 85.1. The van der Waals surface area contributed by atoms with Crippen molar-refractivity contribution in [3.05, 3.63) is 258 Å². The lowest BCUT2D eigenvalue weighted by molar-refractivity contribution is 0.675. The number of amidine groups is 2. The summed E-state index contributed by atoms with van der Waals surface area (Å²) in [6.07, 6.45) is 0.403. The Balaban J connectivity index is 0.971. The minimum atomic E-state index is -0.427. The molecule has 0 fully saturated rings. The van der Waals surface area contributed by atoms with Crippen LogP contribution in [0.4, 0.5) is 0 Å². The molecule has 2 aliphatic rings. The van der Waals surface area contributed by atoms with E-state index in [1.165, 1.54) is 103 Å². The standard InChI is InChI=1S/C68H42N4/c1-3-16-45-37-63-60(33-43(45)14-1)61-34-44-15-2-4-17-46(44)38-64(61)72(63)65-39-58-51(35-59-54-20-10-7-13-42(54)25-30-57(58)59)36-62(65)68-70-66(49-26-28-55-47(31-49)23-21-40-11-5-8-18-52(40)55)69-67(71-68)50-27-29-56-48(32-50)24-22-41-12-6-9-19-53(41)56/h1-34,36-39,66H,35H2,(H,69,70,71). The second-order valence-corrected chi connectivity index (χ2v) is 19.7. The SMILES string of the molecule is c1ccc2cc3c(cc2c1)c1cc2ccccc2cc1n3-c1cc2c(cc1C1=NC(c3ccc4c(ccc5ccccc54)c3)=NC(c3ccc4c(ccc5ccccc54)c3)N1)Cc1c-2ccc2ccccc12. The van der Waals surface area contributed by atoms with Gasteiger partial charge < -0.3 is 9.88 Å². The summed E-state index contributed by atoms with van der Waals surface area (Å²) in [5.74, 6) is 1.49. The molecule has 14 aromatic rings. The van der Waals surface area contributed by atoms with Crippen molar-refractivity contribution in [2.45, 2.75) is 12.6 Å². The van der Waals surface area contributed by atoms with Crippen molar-refractivity contribution >= 4 is 109 Å². The Hall–Kier alpha value is -9.38. The molecule has 4 heteroatoms. The largest absolute Gasteiger partial charge is 0.344 e. The van der Waals surface area contributed by atoms with E-state index in [-0.39, 0.29) is 0 Å². The molecule has 1 N–H and O–H groups in total. The summed E-state index contributed by atoms with van der Waals surface area (Å²) in [4.78, 5) is 11.2. The molecule has 0 saturated heterocycles. The summed E-state index contributed by atoms with van der Waals surface area (Å²) in [6.45, 7) is 0. The van der Waals surface area contributed by atoms with E-state index < -0.39 is 6.17 Å². The van der Waals surface area contributed by atoms with Crippen LogP contribution >= 0.6 is 0 Å². The zero-order chi connectivity index (χ0) is 47.0. The van der Waals surface area contributed by atoms with Gasteiger partial charge in [-0.3, -0.25) is 0 Å². The van der Waals surface area contributed by atoms with E-state index in [4.69, 9.17) is 9.98 Å². The van der Waals surface area contributed by atoms with Gasteiger partial charge in [0.2, 0.25) is 0 Å². The van der Waals surface area contributed by atoms with Crippen LogP contribution in [0.25, 0.3) is 114 Å². The average Bonchev–Trinajstić information content (AvgIpc) is 3.97. The molecule has 0 saturated carbocycles. The van der Waals surface area contributed by atoms with Crippen molar-refractivity contribution in [2.24, 2.45) is 9.98 Å². The Bertz CT molecular complexity index is 4670. The van der Waals surface area contributed by atoms with E-state index in [1.807, 2.05) is 0 Å². The zero-order valence-corrected chi connectivity index (χ0v) is 39.1. The van der Waals surface area contributed by atoms with Crippen molar-refractivity contribution in [2.75, 3.05) is 0 Å². The molecule has 0 amide bonds. The summed E-state index contributed by atoms with van der Waals surface area (Å²) in [5.41, 5.74) is 11.7. The molecule has 1 atom stereocenters. The molecule has 13 aromatic carbocycles. The monoisotopic (exact) mass is 914 g/mol. The fourth-order valence-corrected chi connectivity index (χ4v) is 12.3. The van der Waals surface area contributed by atoms with E-state index in [0.717, 1.165) is 51.1 Å². The number of hydrogen-bond donors (Lipinski definition) is 1. The van der Waals surface area contributed by atoms with Crippen LogP contribution in [0, 0.1) is 0 Å². The summed E-state index contributed by atoms with van der Waals surface area (Å²) >= 11 is 0. The van der Waals surface area contributed by atoms with Gasteiger partial charge in [-0.2, -0.15) is 0 Å². The van der Waals surface area contributed by atoms with Gasteiger partial charge >= 0.3 is 0 Å². The molecule has 4 nitrogen and oxygen atoms in total. The van der Waals surface area contributed by atoms with Crippen LogP contribution in [0.3, 0.4) is 0 Å². The van der Waals surface area contributed by atoms with Crippen molar-refractivity contribution in [1.29, 1.82) is 0 Å². The van der Waals surface area contributed by atoms with Crippen LogP contribution in [-0.4, -0.2) is 16.2 Å². The highest BCUT2D eigenvalue weighted by atomic mass is 15.2. The van der Waals surface area contributed by atoms with Gasteiger partial charge in [0, 0.05) is 21.9 Å². The van der Waals surface area contributed by atoms with Crippen LogP contribution in [0.5, 0.6) is 0 Å². The Morgan fingerprint density at radius 3 is 1.54 bits per heavy atom. The smallest absolute Gasteiger partial charge is 0.159 e. The third-order valence-corrected chi connectivity index (χ3v) is 15.7. The second kappa shape index (κ2) is 15.1. The minimum absolute atomic E-state index is 0.427. The predicted octanol–water partition coefficient (Wildman–Crippen LogP) is 16.9. The Morgan fingerprint density at radius 2 is 0.889 bits per heavy atom. The van der Waals surface area contributed by atoms with E-state index in [0.29, 0.717) is 5.84 Å².